The zero-order valence-corrected chi connectivity index (χ0v) is 14.5. The quantitative estimate of drug-likeness (QED) is 0.321. The van der Waals surface area contributed by atoms with Crippen LogP contribution in [-0.4, -0.2) is 30.7 Å². The number of H-pyrrole nitrogens is 1. The van der Waals surface area contributed by atoms with E-state index in [0.29, 0.717) is 13.2 Å². The fourth-order valence-electron chi connectivity index (χ4n) is 2.79. The largest absolute Gasteiger partial charge is 0.370 e. The van der Waals surface area contributed by atoms with E-state index in [4.69, 9.17) is 11.5 Å². The van der Waals surface area contributed by atoms with Crippen LogP contribution >= 0.6 is 0 Å². The van der Waals surface area contributed by atoms with E-state index in [2.05, 4.69) is 61.7 Å². The van der Waals surface area contributed by atoms with Crippen molar-refractivity contribution in [2.45, 2.75) is 19.9 Å². The van der Waals surface area contributed by atoms with E-state index in [9.17, 15) is 0 Å². The number of guanidine groups is 1. The number of hydrogen-bond acceptors (Lipinski definition) is 4. The first-order valence-electron chi connectivity index (χ1n) is 8.45. The first kappa shape index (κ1) is 17.0. The van der Waals surface area contributed by atoms with Crippen molar-refractivity contribution in [3.05, 3.63) is 52.3 Å². The molecule has 0 saturated heterocycles. The maximum Gasteiger partial charge on any atom is 0.185 e. The number of aromatic nitrogens is 1. The van der Waals surface area contributed by atoms with Crippen molar-refractivity contribution in [2.75, 3.05) is 24.7 Å². The molecule has 2 heterocycles. The van der Waals surface area contributed by atoms with Gasteiger partial charge in [0.1, 0.15) is 12.2 Å². The lowest BCUT2D eigenvalue weighted by Gasteiger charge is -2.20. The van der Waals surface area contributed by atoms with Gasteiger partial charge in [0.05, 0.1) is 0 Å². The van der Waals surface area contributed by atoms with E-state index in [-0.39, 0.29) is 5.96 Å². The molecule has 0 fully saturated rings. The number of rotatable bonds is 7. The fraction of sp³-hybridized carbons (Fsp3) is 0.333. The van der Waals surface area contributed by atoms with Crippen molar-refractivity contribution in [1.82, 2.24) is 10.3 Å². The Morgan fingerprint density at radius 3 is 2.88 bits per heavy atom. The van der Waals surface area contributed by atoms with Gasteiger partial charge < -0.3 is 26.7 Å². The van der Waals surface area contributed by atoms with Crippen LogP contribution in [0.4, 0.5) is 5.69 Å². The number of fused-ring (bicyclic) bond motifs is 1. The summed E-state index contributed by atoms with van der Waals surface area (Å²) in [5, 5.41) is 4.53. The molecule has 0 aliphatic carbocycles. The van der Waals surface area contributed by atoms with Crippen molar-refractivity contribution in [2.24, 2.45) is 21.5 Å². The highest BCUT2D eigenvalue weighted by Crippen LogP contribution is 2.16. The number of nitrogens with two attached hydrogens (primary N) is 2. The van der Waals surface area contributed by atoms with Crippen LogP contribution in [0, 0.1) is 6.92 Å². The van der Waals surface area contributed by atoms with Gasteiger partial charge in [-0.05, 0) is 43.7 Å². The van der Waals surface area contributed by atoms with Gasteiger partial charge in [0.15, 0.2) is 5.96 Å². The average Bonchev–Trinajstić information content (AvgIpc) is 2.97. The molecule has 1 aromatic carbocycles. The number of anilines is 1. The van der Waals surface area contributed by atoms with Crippen LogP contribution in [0.3, 0.4) is 0 Å². The van der Waals surface area contributed by atoms with Gasteiger partial charge in [0.2, 0.25) is 0 Å². The zero-order valence-electron chi connectivity index (χ0n) is 14.5. The molecule has 0 atom stereocenters. The van der Waals surface area contributed by atoms with E-state index in [0.717, 1.165) is 41.6 Å². The number of nitrogens with one attached hydrogen (secondary N) is 2. The summed E-state index contributed by atoms with van der Waals surface area (Å²) < 4.78 is 0. The molecule has 0 radical (unpaired) electrons. The molecule has 0 bridgehead atoms. The van der Waals surface area contributed by atoms with Crippen molar-refractivity contribution in [3.63, 3.8) is 0 Å². The van der Waals surface area contributed by atoms with E-state index in [1.165, 1.54) is 5.56 Å². The number of nitrogens with zero attached hydrogens (tertiary/aromatic N) is 3. The summed E-state index contributed by atoms with van der Waals surface area (Å²) in [6.07, 6.45) is 3.06. The highest BCUT2D eigenvalue weighted by Gasteiger charge is 2.07. The Bertz CT molecular complexity index is 845. The number of aliphatic imine (C=N–C) groups is 1. The molecule has 2 aromatic rings. The number of aromatic amines is 1. The van der Waals surface area contributed by atoms with Gasteiger partial charge in [0.25, 0.3) is 0 Å². The maximum atomic E-state index is 5.29. The second kappa shape index (κ2) is 7.85. The molecule has 25 heavy (non-hydrogen) atoms. The van der Waals surface area contributed by atoms with Crippen molar-refractivity contribution in [3.8, 4) is 0 Å². The predicted octanol–water partition coefficient (Wildman–Crippen LogP) is -0.0885. The zero-order chi connectivity index (χ0) is 17.6. The molecule has 132 valence electrons. The lowest BCUT2D eigenvalue weighted by Crippen LogP contribution is -2.34. The minimum Gasteiger partial charge on any atom is -0.370 e. The summed E-state index contributed by atoms with van der Waals surface area (Å²) >= 11 is 0. The van der Waals surface area contributed by atoms with Crippen LogP contribution in [0.15, 0.2) is 40.3 Å². The van der Waals surface area contributed by atoms with Crippen LogP contribution in [0.1, 0.15) is 17.7 Å². The van der Waals surface area contributed by atoms with E-state index in [1.807, 2.05) is 6.92 Å². The van der Waals surface area contributed by atoms with E-state index in [1.54, 1.807) is 0 Å². The van der Waals surface area contributed by atoms with Crippen LogP contribution in [0.5, 0.6) is 0 Å². The monoisotopic (exact) mass is 339 g/mol. The van der Waals surface area contributed by atoms with Crippen LogP contribution < -0.4 is 32.4 Å². The van der Waals surface area contributed by atoms with Gasteiger partial charge in [-0.3, -0.25) is 4.99 Å². The molecule has 0 amide bonds. The predicted molar refractivity (Wildman–Crippen MR) is 102 cm³/mol. The van der Waals surface area contributed by atoms with Crippen LogP contribution in [0.2, 0.25) is 0 Å². The third kappa shape index (κ3) is 4.60. The summed E-state index contributed by atoms with van der Waals surface area (Å²) in [6, 6.07) is 10.7. The molecule has 6 N–H and O–H groups in total. The Hall–Kier alpha value is -2.80. The lowest BCUT2D eigenvalue weighted by molar-refractivity contribution is 0.655. The molecule has 7 heteroatoms. The van der Waals surface area contributed by atoms with Crippen molar-refractivity contribution >= 4 is 17.8 Å². The molecular formula is C18H25N7. The van der Waals surface area contributed by atoms with Crippen LogP contribution in [0.25, 0.3) is 6.20 Å². The Morgan fingerprint density at radius 1 is 1.32 bits per heavy atom. The summed E-state index contributed by atoms with van der Waals surface area (Å²) in [5.74, 6) is 0.152. The Kier molecular flexibility index (Phi) is 5.35. The van der Waals surface area contributed by atoms with Crippen LogP contribution in [-0.2, 0) is 6.54 Å². The molecule has 0 saturated carbocycles. The molecule has 1 aromatic heterocycles. The summed E-state index contributed by atoms with van der Waals surface area (Å²) in [4.78, 5) is 14.0. The average molecular weight is 339 g/mol. The van der Waals surface area contributed by atoms with Gasteiger partial charge in [0, 0.05) is 35.9 Å². The molecule has 3 rings (SSSR count). The molecule has 1 aliphatic heterocycles. The highest BCUT2D eigenvalue weighted by molar-refractivity contribution is 5.75. The first-order valence-corrected chi connectivity index (χ1v) is 8.45. The fourth-order valence-corrected chi connectivity index (χ4v) is 2.79. The molecular weight excluding hydrogens is 314 g/mol. The van der Waals surface area contributed by atoms with Crippen molar-refractivity contribution < 1.29 is 0 Å². The minimum absolute atomic E-state index is 0.152. The van der Waals surface area contributed by atoms with Gasteiger partial charge in [-0.15, -0.1) is 0 Å². The minimum atomic E-state index is 0.152. The molecule has 7 nitrogen and oxygen atoms in total. The highest BCUT2D eigenvalue weighted by atomic mass is 15.2. The first-order chi connectivity index (χ1) is 12.1. The van der Waals surface area contributed by atoms with Gasteiger partial charge >= 0.3 is 0 Å². The molecule has 1 aliphatic rings. The van der Waals surface area contributed by atoms with Gasteiger partial charge in [-0.1, -0.05) is 12.1 Å². The van der Waals surface area contributed by atoms with Crippen molar-refractivity contribution in [1.29, 1.82) is 0 Å². The third-order valence-corrected chi connectivity index (χ3v) is 4.04. The van der Waals surface area contributed by atoms with Gasteiger partial charge in [-0.25, -0.2) is 4.99 Å². The Labute approximate surface area is 147 Å². The van der Waals surface area contributed by atoms with E-state index < -0.39 is 0 Å². The smallest absolute Gasteiger partial charge is 0.185 e. The molecule has 0 unspecified atom stereocenters. The number of aryl methyl sites for hydroxylation is 1. The Balaban J connectivity index is 1.52. The summed E-state index contributed by atoms with van der Waals surface area (Å²) in [5.41, 5.74) is 15.1. The number of benzene rings is 1. The summed E-state index contributed by atoms with van der Waals surface area (Å²) in [6.45, 7) is 5.05. The SMILES string of the molecule is Cc1cc2c([nH]1)=NCN(c1ccc(CNCCCN=C(N)N)cc1)C=2. The maximum absolute atomic E-state index is 5.29. The Morgan fingerprint density at radius 2 is 2.12 bits per heavy atom. The number of hydrogen-bond donors (Lipinski definition) is 4. The molecule has 0 spiro atoms. The summed E-state index contributed by atoms with van der Waals surface area (Å²) in [7, 11) is 0. The van der Waals surface area contributed by atoms with Gasteiger partial charge in [-0.2, -0.15) is 0 Å². The van der Waals surface area contributed by atoms with E-state index >= 15 is 0 Å². The standard InChI is InChI=1S/C18H25N7/c1-13-9-15-11-25(12-23-17(15)24-13)16-5-3-14(4-6-16)10-21-7-2-8-22-18(19)20/h3-6,9,11,21H,2,7-8,10,12H2,1H3,(H,23,24)(H4,19,20,22). The normalized spacial score (nSPS) is 12.9. The second-order valence-electron chi connectivity index (χ2n) is 6.16. The topological polar surface area (TPSA) is 108 Å². The lowest BCUT2D eigenvalue weighted by atomic mass is 10.2. The second-order valence-corrected chi connectivity index (χ2v) is 6.16. The third-order valence-electron chi connectivity index (χ3n) is 4.04.